The normalized spacial score (nSPS) is 19.4. The molecule has 0 aliphatic carbocycles. The molecule has 140 valence electrons. The van der Waals surface area contributed by atoms with Crippen molar-refractivity contribution in [2.24, 2.45) is 5.73 Å². The summed E-state index contributed by atoms with van der Waals surface area (Å²) < 4.78 is 51.7. The topological polar surface area (TPSA) is 91.4 Å². The molecule has 2 aromatic rings. The van der Waals surface area contributed by atoms with Crippen LogP contribution in [0.25, 0.3) is 0 Å². The zero-order valence-electron chi connectivity index (χ0n) is 14.0. The summed E-state index contributed by atoms with van der Waals surface area (Å²) in [4.78, 5) is 11.3. The first-order chi connectivity index (χ1) is 12.2. The fourth-order valence-corrected chi connectivity index (χ4v) is 2.98. The Bertz CT molecular complexity index is 835. The molecule has 2 heterocycles. The van der Waals surface area contributed by atoms with Crippen LogP contribution in [0.1, 0.15) is 34.6 Å². The van der Waals surface area contributed by atoms with Gasteiger partial charge in [0.15, 0.2) is 23.2 Å². The number of amides is 1. The molecule has 26 heavy (non-hydrogen) atoms. The molecule has 0 saturated heterocycles. The number of aromatic nitrogens is 2. The zero-order valence-corrected chi connectivity index (χ0v) is 14.0. The molecule has 3 N–H and O–H groups in total. The maximum atomic E-state index is 13.5. The molecule has 0 unspecified atom stereocenters. The van der Waals surface area contributed by atoms with Crippen molar-refractivity contribution in [1.29, 1.82) is 0 Å². The van der Waals surface area contributed by atoms with Crippen LogP contribution in [0, 0.1) is 0 Å². The Kier molecular flexibility index (Phi) is 4.43. The summed E-state index contributed by atoms with van der Waals surface area (Å²) in [5, 5.41) is 6.68. The highest BCUT2D eigenvalue weighted by Crippen LogP contribution is 2.44. The van der Waals surface area contributed by atoms with E-state index in [1.54, 1.807) is 18.2 Å². The number of fused-ring (bicyclic) bond motifs is 1. The van der Waals surface area contributed by atoms with Gasteiger partial charge in [-0.05, 0) is 17.7 Å². The Morgan fingerprint density at radius 3 is 2.54 bits per heavy atom. The number of halogens is 3. The molecule has 0 bridgehead atoms. The number of benzene rings is 1. The van der Waals surface area contributed by atoms with Crippen molar-refractivity contribution in [2.75, 3.05) is 19.5 Å². The summed E-state index contributed by atoms with van der Waals surface area (Å²) in [5.41, 5.74) is 5.50. The number of carbonyl (C=O) groups excluding carboxylic acids is 1. The van der Waals surface area contributed by atoms with E-state index in [4.69, 9.17) is 15.2 Å². The van der Waals surface area contributed by atoms with Gasteiger partial charge in [0.2, 0.25) is 0 Å². The number of ether oxygens (including phenoxy) is 2. The number of nitrogens with zero attached hydrogens (tertiary/aromatic N) is 2. The largest absolute Gasteiger partial charge is 0.493 e. The number of hydrogen-bond donors (Lipinski definition) is 2. The highest BCUT2D eigenvalue weighted by molar-refractivity contribution is 5.91. The Labute approximate surface area is 146 Å². The Morgan fingerprint density at radius 1 is 1.27 bits per heavy atom. The zero-order chi connectivity index (χ0) is 19.1. The molecule has 1 aromatic carbocycles. The molecule has 1 aromatic heterocycles. The second-order valence-corrected chi connectivity index (χ2v) is 5.83. The first-order valence-corrected chi connectivity index (χ1v) is 7.69. The van der Waals surface area contributed by atoms with E-state index in [-0.39, 0.29) is 17.9 Å². The fourth-order valence-electron chi connectivity index (χ4n) is 2.98. The number of primary amides is 1. The van der Waals surface area contributed by atoms with E-state index in [1.165, 1.54) is 20.3 Å². The van der Waals surface area contributed by atoms with Crippen LogP contribution in [0.2, 0.25) is 0 Å². The van der Waals surface area contributed by atoms with Crippen LogP contribution in [0.5, 0.6) is 11.5 Å². The number of alkyl halides is 3. The van der Waals surface area contributed by atoms with Crippen LogP contribution < -0.4 is 20.5 Å². The maximum absolute atomic E-state index is 13.5. The smallest absolute Gasteiger partial charge is 0.410 e. The van der Waals surface area contributed by atoms with Gasteiger partial charge in [-0.15, -0.1) is 0 Å². The van der Waals surface area contributed by atoms with Gasteiger partial charge in [-0.2, -0.15) is 18.3 Å². The molecular weight excluding hydrogens is 353 g/mol. The van der Waals surface area contributed by atoms with Crippen LogP contribution in [0.15, 0.2) is 24.3 Å². The third-order valence-electron chi connectivity index (χ3n) is 4.25. The van der Waals surface area contributed by atoms with E-state index in [9.17, 15) is 18.0 Å². The third kappa shape index (κ3) is 3.14. The minimum Gasteiger partial charge on any atom is -0.493 e. The standard InChI is InChI=1S/C16H17F3N4O3/c1-25-11-4-3-8(5-12(11)26-2)9-6-13(16(17,18)19)23-14(21-9)7-10(22-23)15(20)24/h3-5,7,9,13,21H,6H2,1-2H3,(H2,20,24)/t9-,13+/m1/s1. The molecule has 0 spiro atoms. The second kappa shape index (κ2) is 6.43. The summed E-state index contributed by atoms with van der Waals surface area (Å²) >= 11 is 0. The quantitative estimate of drug-likeness (QED) is 0.863. The lowest BCUT2D eigenvalue weighted by Gasteiger charge is -2.33. The van der Waals surface area contributed by atoms with Crippen LogP contribution in [0.3, 0.4) is 0 Å². The number of rotatable bonds is 4. The molecule has 0 saturated carbocycles. The summed E-state index contributed by atoms with van der Waals surface area (Å²) in [6, 6.07) is 3.57. The fraction of sp³-hybridized carbons (Fsp3) is 0.375. The van der Waals surface area contributed by atoms with Crippen LogP contribution in [-0.4, -0.2) is 36.1 Å². The predicted octanol–water partition coefficient (Wildman–Crippen LogP) is 2.66. The van der Waals surface area contributed by atoms with Crippen LogP contribution in [0.4, 0.5) is 19.0 Å². The minimum atomic E-state index is -4.54. The van der Waals surface area contributed by atoms with Gasteiger partial charge in [0.05, 0.1) is 20.3 Å². The molecule has 7 nitrogen and oxygen atoms in total. The van der Waals surface area contributed by atoms with Crippen molar-refractivity contribution in [3.63, 3.8) is 0 Å². The van der Waals surface area contributed by atoms with Crippen molar-refractivity contribution in [3.8, 4) is 11.5 Å². The van der Waals surface area contributed by atoms with E-state index in [0.717, 1.165) is 4.68 Å². The van der Waals surface area contributed by atoms with Gasteiger partial charge in [-0.25, -0.2) is 4.68 Å². The maximum Gasteiger partial charge on any atom is 0.410 e. The number of carbonyl (C=O) groups is 1. The molecule has 0 radical (unpaired) electrons. The van der Waals surface area contributed by atoms with E-state index >= 15 is 0 Å². The third-order valence-corrected chi connectivity index (χ3v) is 4.25. The van der Waals surface area contributed by atoms with E-state index < -0.39 is 24.2 Å². The molecule has 1 aliphatic heterocycles. The SMILES string of the molecule is COc1ccc([C@H]2C[C@@H](C(F)(F)F)n3nc(C(N)=O)cc3N2)cc1OC. The highest BCUT2D eigenvalue weighted by Gasteiger charge is 2.46. The van der Waals surface area contributed by atoms with E-state index in [0.29, 0.717) is 17.1 Å². The van der Waals surface area contributed by atoms with E-state index in [2.05, 4.69) is 10.4 Å². The van der Waals surface area contributed by atoms with Crippen molar-refractivity contribution < 1.29 is 27.4 Å². The average molecular weight is 370 g/mol. The number of nitrogens with two attached hydrogens (primary N) is 1. The molecule has 1 aliphatic rings. The van der Waals surface area contributed by atoms with Gasteiger partial charge in [0.25, 0.3) is 5.91 Å². The lowest BCUT2D eigenvalue weighted by Crippen LogP contribution is -2.35. The molecule has 1 amide bonds. The van der Waals surface area contributed by atoms with Gasteiger partial charge in [-0.3, -0.25) is 4.79 Å². The molecule has 0 fully saturated rings. The monoisotopic (exact) mass is 370 g/mol. The van der Waals surface area contributed by atoms with Gasteiger partial charge in [0.1, 0.15) is 5.82 Å². The average Bonchev–Trinajstić information content (AvgIpc) is 3.03. The van der Waals surface area contributed by atoms with Crippen LogP contribution in [-0.2, 0) is 0 Å². The predicted molar refractivity (Wildman–Crippen MR) is 86.4 cm³/mol. The molecule has 2 atom stereocenters. The van der Waals surface area contributed by atoms with Crippen LogP contribution >= 0.6 is 0 Å². The van der Waals surface area contributed by atoms with Gasteiger partial charge < -0.3 is 20.5 Å². The Hall–Kier alpha value is -2.91. The first kappa shape index (κ1) is 17.9. The Morgan fingerprint density at radius 2 is 1.96 bits per heavy atom. The van der Waals surface area contributed by atoms with Crippen molar-refractivity contribution in [3.05, 3.63) is 35.5 Å². The molecular formula is C16H17F3N4O3. The van der Waals surface area contributed by atoms with Gasteiger partial charge >= 0.3 is 6.18 Å². The number of anilines is 1. The number of nitrogens with one attached hydrogen (secondary N) is 1. The minimum absolute atomic E-state index is 0.0761. The van der Waals surface area contributed by atoms with Crippen molar-refractivity contribution in [1.82, 2.24) is 9.78 Å². The summed E-state index contributed by atoms with van der Waals surface area (Å²) in [6.45, 7) is 0. The second-order valence-electron chi connectivity index (χ2n) is 5.83. The van der Waals surface area contributed by atoms with Crippen molar-refractivity contribution >= 4 is 11.7 Å². The summed E-state index contributed by atoms with van der Waals surface area (Å²) in [7, 11) is 2.92. The summed E-state index contributed by atoms with van der Waals surface area (Å²) in [5.74, 6) is 0.0669. The Balaban J connectivity index is 2.02. The lowest BCUT2D eigenvalue weighted by atomic mass is 9.96. The number of hydrogen-bond acceptors (Lipinski definition) is 5. The highest BCUT2D eigenvalue weighted by atomic mass is 19.4. The van der Waals surface area contributed by atoms with Gasteiger partial charge in [-0.1, -0.05) is 6.07 Å². The van der Waals surface area contributed by atoms with Crippen molar-refractivity contribution in [2.45, 2.75) is 24.7 Å². The lowest BCUT2D eigenvalue weighted by molar-refractivity contribution is -0.173. The summed E-state index contributed by atoms with van der Waals surface area (Å²) in [6.07, 6.45) is -4.83. The van der Waals surface area contributed by atoms with Gasteiger partial charge in [0, 0.05) is 12.5 Å². The molecule has 10 heteroatoms. The number of methoxy groups -OCH3 is 2. The van der Waals surface area contributed by atoms with E-state index in [1.807, 2.05) is 0 Å². The molecule has 3 rings (SSSR count). The first-order valence-electron chi connectivity index (χ1n) is 7.69.